The van der Waals surface area contributed by atoms with E-state index in [-0.39, 0.29) is 17.2 Å². The van der Waals surface area contributed by atoms with Crippen LogP contribution in [0.2, 0.25) is 0 Å². The van der Waals surface area contributed by atoms with Crippen molar-refractivity contribution in [1.29, 1.82) is 0 Å². The van der Waals surface area contributed by atoms with E-state index in [2.05, 4.69) is 12.6 Å². The largest absolute Gasteiger partial charge is 0.491 e. The second kappa shape index (κ2) is 5.69. The zero-order chi connectivity index (χ0) is 16.8. The van der Waals surface area contributed by atoms with Gasteiger partial charge in [0.05, 0.1) is 16.8 Å². The van der Waals surface area contributed by atoms with E-state index in [9.17, 15) is 4.79 Å². The molecule has 0 unspecified atom stereocenters. The van der Waals surface area contributed by atoms with Gasteiger partial charge in [-0.2, -0.15) is 12.6 Å². The SMILES string of the molecule is CC1(C)OB(C(=Cc2ccc3c(c2)C(=O)OC3)CS)OC1(C)C. The van der Waals surface area contributed by atoms with Gasteiger partial charge >= 0.3 is 13.1 Å². The minimum absolute atomic E-state index is 0.265. The van der Waals surface area contributed by atoms with Crippen molar-refractivity contribution in [3.63, 3.8) is 0 Å². The Kier molecular flexibility index (Phi) is 4.11. The molecule has 4 nitrogen and oxygen atoms in total. The average molecular weight is 332 g/mol. The van der Waals surface area contributed by atoms with Gasteiger partial charge in [0, 0.05) is 11.3 Å². The summed E-state index contributed by atoms with van der Waals surface area (Å²) in [7, 11) is -0.433. The summed E-state index contributed by atoms with van der Waals surface area (Å²) in [6.45, 7) is 8.45. The third-order valence-electron chi connectivity index (χ3n) is 4.80. The number of rotatable bonds is 3. The number of ether oxygens (including phenoxy) is 1. The quantitative estimate of drug-likeness (QED) is 0.524. The van der Waals surface area contributed by atoms with Gasteiger partial charge in [-0.3, -0.25) is 0 Å². The number of hydrogen-bond donors (Lipinski definition) is 1. The van der Waals surface area contributed by atoms with Gasteiger partial charge in [-0.05, 0) is 44.8 Å². The molecule has 1 aromatic rings. The molecule has 0 N–H and O–H groups in total. The average Bonchev–Trinajstić information content (AvgIpc) is 2.94. The highest BCUT2D eigenvalue weighted by Gasteiger charge is 2.52. The summed E-state index contributed by atoms with van der Waals surface area (Å²) in [6, 6.07) is 5.74. The molecule has 0 spiro atoms. The standard InChI is InChI=1S/C17H21BO4S/c1-16(2)17(3,4)22-18(21-16)13(10-23)7-11-5-6-12-9-20-15(19)14(12)8-11/h5-8,23H,9-10H2,1-4H3. The second-order valence-electron chi connectivity index (χ2n) is 6.96. The first-order valence-electron chi connectivity index (χ1n) is 7.70. The molecule has 122 valence electrons. The molecule has 0 aliphatic carbocycles. The highest BCUT2D eigenvalue weighted by atomic mass is 32.1. The number of esters is 1. The Balaban J connectivity index is 1.89. The van der Waals surface area contributed by atoms with Crippen molar-refractivity contribution in [3.8, 4) is 0 Å². The Morgan fingerprint density at radius 1 is 1.26 bits per heavy atom. The molecular formula is C17H21BO4S. The Morgan fingerprint density at radius 3 is 2.52 bits per heavy atom. The number of cyclic esters (lactones) is 1. The van der Waals surface area contributed by atoms with Crippen molar-refractivity contribution in [2.45, 2.75) is 45.5 Å². The summed E-state index contributed by atoms with van der Waals surface area (Å²) >= 11 is 4.41. The number of benzene rings is 1. The van der Waals surface area contributed by atoms with Gasteiger partial charge in [-0.15, -0.1) is 0 Å². The molecule has 1 aromatic carbocycles. The van der Waals surface area contributed by atoms with E-state index in [1.807, 2.05) is 52.0 Å². The first-order valence-corrected chi connectivity index (χ1v) is 8.34. The van der Waals surface area contributed by atoms with Crippen LogP contribution in [0.15, 0.2) is 23.7 Å². The number of thiol groups is 1. The van der Waals surface area contributed by atoms with Crippen LogP contribution in [0.4, 0.5) is 0 Å². The molecule has 2 aliphatic rings. The predicted octanol–water partition coefficient (Wildman–Crippen LogP) is 3.30. The third-order valence-corrected chi connectivity index (χ3v) is 5.17. The topological polar surface area (TPSA) is 44.8 Å². The van der Waals surface area contributed by atoms with Gasteiger partial charge in [-0.1, -0.05) is 18.2 Å². The van der Waals surface area contributed by atoms with Crippen molar-refractivity contribution >= 4 is 31.8 Å². The van der Waals surface area contributed by atoms with E-state index in [1.54, 1.807) is 0 Å². The lowest BCUT2D eigenvalue weighted by Crippen LogP contribution is -2.41. The van der Waals surface area contributed by atoms with Crippen LogP contribution in [-0.4, -0.2) is 30.0 Å². The highest BCUT2D eigenvalue weighted by molar-refractivity contribution is 7.80. The van der Waals surface area contributed by atoms with Crippen LogP contribution in [-0.2, 0) is 20.7 Å². The Bertz CT molecular complexity index is 665. The van der Waals surface area contributed by atoms with Crippen molar-refractivity contribution < 1.29 is 18.8 Å². The Hall–Kier alpha value is -1.24. The van der Waals surface area contributed by atoms with Crippen molar-refractivity contribution in [2.24, 2.45) is 0 Å². The highest BCUT2D eigenvalue weighted by Crippen LogP contribution is 2.39. The van der Waals surface area contributed by atoms with Gasteiger partial charge in [0.25, 0.3) is 0 Å². The monoisotopic (exact) mass is 332 g/mol. The molecule has 2 heterocycles. The molecule has 0 saturated carbocycles. The van der Waals surface area contributed by atoms with Gasteiger partial charge < -0.3 is 14.0 Å². The van der Waals surface area contributed by atoms with Gasteiger partial charge in [0.15, 0.2) is 0 Å². The van der Waals surface area contributed by atoms with Crippen LogP contribution in [0.3, 0.4) is 0 Å². The molecule has 0 aromatic heterocycles. The second-order valence-corrected chi connectivity index (χ2v) is 7.27. The maximum atomic E-state index is 11.7. The molecule has 3 rings (SSSR count). The fourth-order valence-electron chi connectivity index (χ4n) is 2.62. The summed E-state index contributed by atoms with van der Waals surface area (Å²) in [5.41, 5.74) is 2.63. The zero-order valence-electron chi connectivity index (χ0n) is 13.9. The smallest absolute Gasteiger partial charge is 0.457 e. The van der Waals surface area contributed by atoms with Gasteiger partial charge in [0.1, 0.15) is 6.61 Å². The molecule has 1 fully saturated rings. The maximum Gasteiger partial charge on any atom is 0.491 e. The maximum absolute atomic E-state index is 11.7. The van der Waals surface area contributed by atoms with E-state index in [0.29, 0.717) is 17.9 Å². The zero-order valence-corrected chi connectivity index (χ0v) is 14.8. The molecule has 2 aliphatic heterocycles. The summed E-state index contributed by atoms with van der Waals surface area (Å²) in [6.07, 6.45) is 1.97. The van der Waals surface area contributed by atoms with Crippen LogP contribution < -0.4 is 0 Å². The summed E-state index contributed by atoms with van der Waals surface area (Å²) in [5, 5.41) is 0. The van der Waals surface area contributed by atoms with E-state index in [0.717, 1.165) is 16.6 Å². The molecule has 0 radical (unpaired) electrons. The lowest BCUT2D eigenvalue weighted by molar-refractivity contribution is 0.00578. The summed E-state index contributed by atoms with van der Waals surface area (Å²) < 4.78 is 17.2. The van der Waals surface area contributed by atoms with E-state index in [1.165, 1.54) is 0 Å². The predicted molar refractivity (Wildman–Crippen MR) is 93.5 cm³/mol. The van der Waals surface area contributed by atoms with Crippen molar-refractivity contribution in [1.82, 2.24) is 0 Å². The molecule has 0 atom stereocenters. The molecular weight excluding hydrogens is 311 g/mol. The van der Waals surface area contributed by atoms with Crippen LogP contribution in [0.5, 0.6) is 0 Å². The van der Waals surface area contributed by atoms with Crippen LogP contribution in [0.1, 0.15) is 49.2 Å². The lowest BCUT2D eigenvalue weighted by atomic mass is 9.78. The van der Waals surface area contributed by atoms with E-state index >= 15 is 0 Å². The first kappa shape index (κ1) is 16.6. The Labute approximate surface area is 142 Å². The fourth-order valence-corrected chi connectivity index (χ4v) is 2.86. The minimum Gasteiger partial charge on any atom is -0.457 e. The lowest BCUT2D eigenvalue weighted by Gasteiger charge is -2.32. The van der Waals surface area contributed by atoms with Crippen molar-refractivity contribution in [2.75, 3.05) is 5.75 Å². The van der Waals surface area contributed by atoms with Gasteiger partial charge in [-0.25, -0.2) is 4.79 Å². The molecule has 1 saturated heterocycles. The van der Waals surface area contributed by atoms with E-state index in [4.69, 9.17) is 14.0 Å². The van der Waals surface area contributed by atoms with Gasteiger partial charge in [0.2, 0.25) is 0 Å². The summed E-state index contributed by atoms with van der Waals surface area (Å²) in [4.78, 5) is 11.7. The van der Waals surface area contributed by atoms with Crippen LogP contribution >= 0.6 is 12.6 Å². The first-order chi connectivity index (χ1) is 10.7. The minimum atomic E-state index is -0.433. The van der Waals surface area contributed by atoms with Crippen LogP contribution in [0, 0.1) is 0 Å². The normalized spacial score (nSPS) is 22.2. The summed E-state index contributed by atoms with van der Waals surface area (Å²) in [5.74, 6) is 0.247. The molecule has 23 heavy (non-hydrogen) atoms. The Morgan fingerprint density at radius 2 is 1.91 bits per heavy atom. The van der Waals surface area contributed by atoms with Crippen LogP contribution in [0.25, 0.3) is 6.08 Å². The van der Waals surface area contributed by atoms with E-state index < -0.39 is 7.12 Å². The number of carbonyl (C=O) groups is 1. The molecule has 0 bridgehead atoms. The number of carbonyl (C=O) groups excluding carboxylic acids is 1. The van der Waals surface area contributed by atoms with Crippen molar-refractivity contribution in [3.05, 3.63) is 40.4 Å². The number of hydrogen-bond acceptors (Lipinski definition) is 5. The number of fused-ring (bicyclic) bond motifs is 1. The fraction of sp³-hybridized carbons (Fsp3) is 0.471. The molecule has 0 amide bonds. The third kappa shape index (κ3) is 2.95. The molecule has 6 heteroatoms.